The molecule has 126 valence electrons. The second kappa shape index (κ2) is 6.23. The largest absolute Gasteiger partial charge is 0.381 e. The number of hydrogen-bond donors (Lipinski definition) is 1. The molecular formula is C17H25N3O3. The van der Waals surface area contributed by atoms with Crippen LogP contribution in [0.4, 0.5) is 0 Å². The van der Waals surface area contributed by atoms with Crippen molar-refractivity contribution in [3.8, 4) is 0 Å². The molecule has 1 aromatic rings. The summed E-state index contributed by atoms with van der Waals surface area (Å²) >= 11 is 0. The van der Waals surface area contributed by atoms with E-state index < -0.39 is 5.54 Å². The Kier molecular flexibility index (Phi) is 4.09. The van der Waals surface area contributed by atoms with E-state index in [-0.39, 0.29) is 11.8 Å². The molecule has 2 heterocycles. The van der Waals surface area contributed by atoms with Crippen LogP contribution in [-0.4, -0.2) is 29.3 Å². The van der Waals surface area contributed by atoms with Gasteiger partial charge in [0.05, 0.1) is 0 Å². The molecule has 4 rings (SSSR count). The third kappa shape index (κ3) is 3.01. The van der Waals surface area contributed by atoms with E-state index in [0.29, 0.717) is 37.8 Å². The molecule has 2 aliphatic carbocycles. The Morgan fingerprint density at radius 2 is 2.00 bits per heavy atom. The number of nitrogens with zero attached hydrogens (tertiary/aromatic N) is 2. The first-order valence-electron chi connectivity index (χ1n) is 8.95. The van der Waals surface area contributed by atoms with Crippen molar-refractivity contribution in [3.63, 3.8) is 0 Å². The van der Waals surface area contributed by atoms with Gasteiger partial charge in [0.15, 0.2) is 5.82 Å². The Bertz CT molecular complexity index is 533. The highest BCUT2D eigenvalue weighted by Crippen LogP contribution is 2.50. The molecule has 3 aliphatic rings. The van der Waals surface area contributed by atoms with Crippen molar-refractivity contribution in [1.82, 2.24) is 15.5 Å². The predicted molar refractivity (Wildman–Crippen MR) is 82.3 cm³/mol. The topological polar surface area (TPSA) is 77.3 Å². The van der Waals surface area contributed by atoms with Gasteiger partial charge in [0.25, 0.3) is 0 Å². The maximum absolute atomic E-state index is 12.8. The van der Waals surface area contributed by atoms with E-state index in [2.05, 4.69) is 15.5 Å². The fraction of sp³-hybridized carbons (Fsp3) is 0.824. The number of rotatable bonds is 4. The summed E-state index contributed by atoms with van der Waals surface area (Å²) in [6, 6.07) is 0. The van der Waals surface area contributed by atoms with Gasteiger partial charge in [-0.15, -0.1) is 0 Å². The Labute approximate surface area is 136 Å². The van der Waals surface area contributed by atoms with E-state index in [1.54, 1.807) is 0 Å². The van der Waals surface area contributed by atoms with Gasteiger partial charge in [0, 0.05) is 32.0 Å². The molecular weight excluding hydrogens is 294 g/mol. The minimum absolute atomic E-state index is 0.173. The van der Waals surface area contributed by atoms with Crippen LogP contribution in [0.25, 0.3) is 0 Å². The van der Waals surface area contributed by atoms with E-state index >= 15 is 0 Å². The first kappa shape index (κ1) is 15.1. The number of carbonyl (C=O) groups excluding carboxylic acids is 1. The molecule has 1 amide bonds. The molecule has 2 saturated carbocycles. The third-order valence-corrected chi connectivity index (χ3v) is 5.93. The molecule has 6 heteroatoms. The highest BCUT2D eigenvalue weighted by Gasteiger charge is 2.50. The molecule has 2 atom stereocenters. The number of hydrogen-bond acceptors (Lipinski definition) is 5. The monoisotopic (exact) mass is 319 g/mol. The number of ether oxygens (including phenoxy) is 1. The van der Waals surface area contributed by atoms with E-state index in [1.807, 2.05) is 0 Å². The van der Waals surface area contributed by atoms with Crippen LogP contribution in [0.15, 0.2) is 10.9 Å². The summed E-state index contributed by atoms with van der Waals surface area (Å²) in [4.78, 5) is 17.0. The zero-order valence-electron chi connectivity index (χ0n) is 13.5. The summed E-state index contributed by atoms with van der Waals surface area (Å²) in [6.07, 6.45) is 10.4. The molecule has 0 aromatic carbocycles. The molecule has 1 aliphatic heterocycles. The zero-order valence-corrected chi connectivity index (χ0v) is 13.5. The molecule has 1 saturated heterocycles. The lowest BCUT2D eigenvalue weighted by atomic mass is 9.84. The van der Waals surface area contributed by atoms with Gasteiger partial charge in [-0.05, 0) is 18.3 Å². The highest BCUT2D eigenvalue weighted by molar-refractivity contribution is 5.82. The van der Waals surface area contributed by atoms with Crippen LogP contribution < -0.4 is 5.32 Å². The molecule has 1 N–H and O–H groups in total. The maximum atomic E-state index is 12.8. The van der Waals surface area contributed by atoms with E-state index in [1.165, 1.54) is 38.5 Å². The van der Waals surface area contributed by atoms with Crippen molar-refractivity contribution >= 4 is 5.91 Å². The van der Waals surface area contributed by atoms with Crippen LogP contribution in [0.2, 0.25) is 0 Å². The molecule has 6 nitrogen and oxygen atoms in total. The minimum atomic E-state index is -0.512. The van der Waals surface area contributed by atoms with Crippen molar-refractivity contribution in [2.75, 3.05) is 13.2 Å². The molecule has 0 radical (unpaired) electrons. The van der Waals surface area contributed by atoms with Gasteiger partial charge >= 0.3 is 0 Å². The lowest BCUT2D eigenvalue weighted by Crippen LogP contribution is -2.51. The normalized spacial score (nSPS) is 30.8. The third-order valence-electron chi connectivity index (χ3n) is 5.93. The first-order valence-corrected chi connectivity index (χ1v) is 8.95. The van der Waals surface area contributed by atoms with Gasteiger partial charge in [-0.2, -0.15) is 4.98 Å². The van der Waals surface area contributed by atoms with Crippen LogP contribution in [0.5, 0.6) is 0 Å². The second-order valence-electron chi connectivity index (χ2n) is 7.34. The van der Waals surface area contributed by atoms with Gasteiger partial charge < -0.3 is 14.6 Å². The molecule has 0 unspecified atom stereocenters. The molecule has 23 heavy (non-hydrogen) atoms. The number of aromatic nitrogens is 2. The van der Waals surface area contributed by atoms with Crippen molar-refractivity contribution in [1.29, 1.82) is 0 Å². The van der Waals surface area contributed by atoms with Crippen molar-refractivity contribution < 1.29 is 14.1 Å². The van der Waals surface area contributed by atoms with Gasteiger partial charge in [-0.3, -0.25) is 4.79 Å². The molecule has 0 bridgehead atoms. The average molecular weight is 319 g/mol. The van der Waals surface area contributed by atoms with Crippen molar-refractivity contribution in [3.05, 3.63) is 12.2 Å². The average Bonchev–Trinajstić information content (AvgIpc) is 3.21. The summed E-state index contributed by atoms with van der Waals surface area (Å²) in [6.45, 7) is 1.23. The Morgan fingerprint density at radius 1 is 1.22 bits per heavy atom. The van der Waals surface area contributed by atoms with Crippen LogP contribution in [0.3, 0.4) is 0 Å². The van der Waals surface area contributed by atoms with Crippen LogP contribution in [0.1, 0.15) is 57.2 Å². The number of nitrogens with one attached hydrogen (secondary N) is 1. The summed E-state index contributed by atoms with van der Waals surface area (Å²) in [5.41, 5.74) is -0.512. The summed E-state index contributed by atoms with van der Waals surface area (Å²) in [5, 5.41) is 7.26. The van der Waals surface area contributed by atoms with E-state index in [0.717, 1.165) is 12.3 Å². The van der Waals surface area contributed by atoms with Crippen molar-refractivity contribution in [2.24, 2.45) is 17.8 Å². The second-order valence-corrected chi connectivity index (χ2v) is 7.34. The number of carbonyl (C=O) groups is 1. The highest BCUT2D eigenvalue weighted by atomic mass is 16.5. The van der Waals surface area contributed by atoms with Crippen LogP contribution in [-0.2, 0) is 15.1 Å². The van der Waals surface area contributed by atoms with Crippen LogP contribution >= 0.6 is 0 Å². The Morgan fingerprint density at radius 3 is 2.70 bits per heavy atom. The lowest BCUT2D eigenvalue weighted by molar-refractivity contribution is -0.126. The fourth-order valence-corrected chi connectivity index (χ4v) is 4.43. The SMILES string of the molecule is O=C(NC1(c2ncon2)CCOCC1)[C@H]1C[C@@H]1C1CCCCC1. The van der Waals surface area contributed by atoms with Gasteiger partial charge in [-0.25, -0.2) is 0 Å². The molecule has 0 spiro atoms. The molecule has 3 fully saturated rings. The lowest BCUT2D eigenvalue weighted by Gasteiger charge is -2.35. The molecule has 1 aromatic heterocycles. The van der Waals surface area contributed by atoms with Gasteiger partial charge in [0.1, 0.15) is 5.54 Å². The Balaban J connectivity index is 1.42. The zero-order chi connectivity index (χ0) is 15.7. The van der Waals surface area contributed by atoms with Gasteiger partial charge in [-0.1, -0.05) is 37.3 Å². The quantitative estimate of drug-likeness (QED) is 0.922. The summed E-state index contributed by atoms with van der Waals surface area (Å²) in [5.74, 6) is 2.30. The Hall–Kier alpha value is -1.43. The minimum Gasteiger partial charge on any atom is -0.381 e. The summed E-state index contributed by atoms with van der Waals surface area (Å²) < 4.78 is 10.4. The van der Waals surface area contributed by atoms with Crippen LogP contribution in [0, 0.1) is 17.8 Å². The summed E-state index contributed by atoms with van der Waals surface area (Å²) in [7, 11) is 0. The van der Waals surface area contributed by atoms with Gasteiger partial charge in [0.2, 0.25) is 12.3 Å². The fourth-order valence-electron chi connectivity index (χ4n) is 4.43. The predicted octanol–water partition coefficient (Wildman–Crippen LogP) is 2.41. The van der Waals surface area contributed by atoms with E-state index in [4.69, 9.17) is 9.26 Å². The first-order chi connectivity index (χ1) is 11.3. The smallest absolute Gasteiger partial charge is 0.224 e. The van der Waals surface area contributed by atoms with Crippen molar-refractivity contribution in [2.45, 2.75) is 56.9 Å². The van der Waals surface area contributed by atoms with E-state index in [9.17, 15) is 4.79 Å². The maximum Gasteiger partial charge on any atom is 0.224 e. The standard InChI is InChI=1S/C17H25N3O3/c21-15(14-10-13(14)12-4-2-1-3-5-12)19-17(6-8-22-9-7-17)16-18-11-23-20-16/h11-14H,1-10H2,(H,19,21)/t13-,14+/m1/s1. The number of amides is 1.